The van der Waals surface area contributed by atoms with E-state index in [1.54, 1.807) is 23.0 Å². The molecule has 30 heavy (non-hydrogen) atoms. The van der Waals surface area contributed by atoms with Gasteiger partial charge in [0.2, 0.25) is 0 Å². The van der Waals surface area contributed by atoms with Crippen LogP contribution in [-0.4, -0.2) is 44.9 Å². The van der Waals surface area contributed by atoms with Crippen molar-refractivity contribution in [3.63, 3.8) is 0 Å². The van der Waals surface area contributed by atoms with Gasteiger partial charge in [0, 0.05) is 18.3 Å². The first-order valence-electron chi connectivity index (χ1n) is 9.79. The molecule has 0 fully saturated rings. The van der Waals surface area contributed by atoms with Crippen LogP contribution in [0.15, 0.2) is 34.9 Å². The van der Waals surface area contributed by atoms with Gasteiger partial charge in [-0.3, -0.25) is 9.48 Å². The zero-order valence-electron chi connectivity index (χ0n) is 17.0. The van der Waals surface area contributed by atoms with Gasteiger partial charge in [-0.05, 0) is 61.0 Å². The minimum atomic E-state index is -0.125. The first-order chi connectivity index (χ1) is 14.5. The highest BCUT2D eigenvalue weighted by Gasteiger charge is 2.21. The van der Waals surface area contributed by atoms with Crippen LogP contribution in [0.3, 0.4) is 0 Å². The van der Waals surface area contributed by atoms with Crippen molar-refractivity contribution in [1.29, 1.82) is 0 Å². The number of aromatic nitrogens is 4. The molecule has 1 aliphatic rings. The molecule has 0 bridgehead atoms. The Bertz CT molecular complexity index is 1100. The van der Waals surface area contributed by atoms with Gasteiger partial charge in [-0.2, -0.15) is 5.10 Å². The summed E-state index contributed by atoms with van der Waals surface area (Å²) in [5, 5.41) is 7.35. The van der Waals surface area contributed by atoms with Gasteiger partial charge in [0.05, 0.1) is 29.4 Å². The second-order valence-corrected chi connectivity index (χ2v) is 7.90. The fourth-order valence-electron chi connectivity index (χ4n) is 3.21. The van der Waals surface area contributed by atoms with E-state index in [2.05, 4.69) is 36.3 Å². The minimum absolute atomic E-state index is 0.00934. The van der Waals surface area contributed by atoms with Crippen LogP contribution in [0.4, 0.5) is 0 Å². The van der Waals surface area contributed by atoms with E-state index in [0.29, 0.717) is 54.1 Å². The number of nitrogens with one attached hydrogen (secondary N) is 1. The molecule has 3 aromatic rings. The number of fused-ring (bicyclic) bond motifs is 1. The molecule has 2 aromatic heterocycles. The van der Waals surface area contributed by atoms with Crippen molar-refractivity contribution in [2.75, 3.05) is 13.2 Å². The van der Waals surface area contributed by atoms with Gasteiger partial charge in [0.1, 0.15) is 11.4 Å². The van der Waals surface area contributed by atoms with Crippen LogP contribution in [0.2, 0.25) is 0 Å². The Kier molecular flexibility index (Phi) is 5.72. The highest BCUT2D eigenvalue weighted by atomic mass is 79.9. The molecule has 0 unspecified atom stereocenters. The van der Waals surface area contributed by atoms with E-state index in [4.69, 9.17) is 9.47 Å². The van der Waals surface area contributed by atoms with Gasteiger partial charge in [-0.25, -0.2) is 9.97 Å². The van der Waals surface area contributed by atoms with Crippen molar-refractivity contribution in [2.24, 2.45) is 0 Å². The lowest BCUT2D eigenvalue weighted by Gasteiger charge is -2.17. The van der Waals surface area contributed by atoms with Crippen LogP contribution in [0.5, 0.6) is 11.5 Å². The lowest BCUT2D eigenvalue weighted by atomic mass is 10.1. The second kappa shape index (κ2) is 8.43. The van der Waals surface area contributed by atoms with Crippen molar-refractivity contribution in [1.82, 2.24) is 25.1 Å². The van der Waals surface area contributed by atoms with Crippen molar-refractivity contribution in [3.05, 3.63) is 40.6 Å². The SMILES string of the molecule is CCOc1cc(-c2nccc(-c3cc4n(n3)CCNC4=O)n2)cc(Br)c1OC(C)C. The van der Waals surface area contributed by atoms with Gasteiger partial charge in [-0.1, -0.05) is 0 Å². The Balaban J connectivity index is 1.73. The monoisotopic (exact) mass is 471 g/mol. The van der Waals surface area contributed by atoms with Crippen LogP contribution in [-0.2, 0) is 6.54 Å². The van der Waals surface area contributed by atoms with Gasteiger partial charge >= 0.3 is 0 Å². The molecule has 1 amide bonds. The molecule has 0 saturated heterocycles. The average Bonchev–Trinajstić information content (AvgIpc) is 3.16. The van der Waals surface area contributed by atoms with E-state index in [9.17, 15) is 4.79 Å². The largest absolute Gasteiger partial charge is 0.490 e. The third kappa shape index (κ3) is 4.02. The maximum Gasteiger partial charge on any atom is 0.269 e. The van der Waals surface area contributed by atoms with Crippen molar-refractivity contribution in [2.45, 2.75) is 33.4 Å². The predicted octanol–water partition coefficient (Wildman–Crippen LogP) is 3.70. The molecule has 0 radical (unpaired) electrons. The standard InChI is InChI=1S/C21H22BrN5O3/c1-4-29-18-10-13(9-14(22)19(18)30-12(2)3)20-23-6-5-15(25-20)16-11-17-21(28)24-7-8-27(17)26-16/h5-6,9-12H,4,7-8H2,1-3H3,(H,24,28). The molecule has 4 rings (SSSR count). The number of ether oxygens (including phenoxy) is 2. The van der Waals surface area contributed by atoms with E-state index >= 15 is 0 Å². The highest BCUT2D eigenvalue weighted by Crippen LogP contribution is 2.40. The Morgan fingerprint density at radius 1 is 1.27 bits per heavy atom. The quantitative estimate of drug-likeness (QED) is 0.589. The maximum atomic E-state index is 12.0. The lowest BCUT2D eigenvalue weighted by Crippen LogP contribution is -2.35. The molecule has 3 heterocycles. The van der Waals surface area contributed by atoms with E-state index in [1.807, 2.05) is 32.9 Å². The summed E-state index contributed by atoms with van der Waals surface area (Å²) in [4.78, 5) is 21.1. The third-order valence-electron chi connectivity index (χ3n) is 4.46. The molecule has 0 atom stereocenters. The molecule has 0 saturated carbocycles. The van der Waals surface area contributed by atoms with Gasteiger partial charge in [0.15, 0.2) is 17.3 Å². The third-order valence-corrected chi connectivity index (χ3v) is 5.05. The number of carbonyl (C=O) groups excluding carboxylic acids is 1. The Labute approximate surface area is 182 Å². The molecule has 1 aliphatic heterocycles. The molecule has 156 valence electrons. The number of nitrogens with zero attached hydrogens (tertiary/aromatic N) is 4. The zero-order chi connectivity index (χ0) is 21.3. The van der Waals surface area contributed by atoms with Crippen LogP contribution < -0.4 is 14.8 Å². The Morgan fingerprint density at radius 2 is 2.10 bits per heavy atom. The predicted molar refractivity (Wildman–Crippen MR) is 116 cm³/mol. The molecular weight excluding hydrogens is 450 g/mol. The Morgan fingerprint density at radius 3 is 2.83 bits per heavy atom. The molecule has 1 N–H and O–H groups in total. The van der Waals surface area contributed by atoms with E-state index in [-0.39, 0.29) is 12.0 Å². The van der Waals surface area contributed by atoms with E-state index in [0.717, 1.165) is 10.0 Å². The fourth-order valence-corrected chi connectivity index (χ4v) is 3.75. The van der Waals surface area contributed by atoms with Gasteiger partial charge in [-0.15, -0.1) is 0 Å². The molecule has 0 spiro atoms. The number of amides is 1. The lowest BCUT2D eigenvalue weighted by molar-refractivity contribution is 0.0924. The number of halogens is 1. The van der Waals surface area contributed by atoms with Crippen molar-refractivity contribution in [3.8, 4) is 34.3 Å². The number of carbonyl (C=O) groups is 1. The topological polar surface area (TPSA) is 91.2 Å². The maximum absolute atomic E-state index is 12.0. The summed E-state index contributed by atoms with van der Waals surface area (Å²) < 4.78 is 14.2. The summed E-state index contributed by atoms with van der Waals surface area (Å²) >= 11 is 3.58. The van der Waals surface area contributed by atoms with Crippen LogP contribution in [0.25, 0.3) is 22.8 Å². The normalized spacial score (nSPS) is 13.2. The number of benzene rings is 1. The first-order valence-corrected chi connectivity index (χ1v) is 10.6. The van der Waals surface area contributed by atoms with Crippen molar-refractivity contribution < 1.29 is 14.3 Å². The number of rotatable bonds is 6. The molecular formula is C21H22BrN5O3. The summed E-state index contributed by atoms with van der Waals surface area (Å²) in [6.45, 7) is 7.57. The average molecular weight is 472 g/mol. The molecule has 1 aromatic carbocycles. The summed E-state index contributed by atoms with van der Waals surface area (Å²) in [7, 11) is 0. The van der Waals surface area contributed by atoms with Gasteiger partial charge < -0.3 is 14.8 Å². The summed E-state index contributed by atoms with van der Waals surface area (Å²) in [6.07, 6.45) is 1.69. The first kappa shape index (κ1) is 20.3. The second-order valence-electron chi connectivity index (χ2n) is 7.04. The van der Waals surface area contributed by atoms with E-state index in [1.165, 1.54) is 0 Å². The molecule has 9 heteroatoms. The van der Waals surface area contributed by atoms with E-state index < -0.39 is 0 Å². The smallest absolute Gasteiger partial charge is 0.269 e. The highest BCUT2D eigenvalue weighted by molar-refractivity contribution is 9.10. The summed E-state index contributed by atoms with van der Waals surface area (Å²) in [5.74, 6) is 1.68. The van der Waals surface area contributed by atoms with Gasteiger partial charge in [0.25, 0.3) is 5.91 Å². The summed E-state index contributed by atoms with van der Waals surface area (Å²) in [6, 6.07) is 7.31. The Hall–Kier alpha value is -2.94. The zero-order valence-corrected chi connectivity index (χ0v) is 18.6. The summed E-state index contributed by atoms with van der Waals surface area (Å²) in [5.41, 5.74) is 2.60. The number of hydrogen-bond acceptors (Lipinski definition) is 6. The molecule has 8 nitrogen and oxygen atoms in total. The molecule has 0 aliphatic carbocycles. The fraction of sp³-hybridized carbons (Fsp3) is 0.333. The van der Waals surface area contributed by atoms with Crippen LogP contribution in [0.1, 0.15) is 31.3 Å². The van der Waals surface area contributed by atoms with Crippen molar-refractivity contribution >= 4 is 21.8 Å². The minimum Gasteiger partial charge on any atom is -0.490 e. The van der Waals surface area contributed by atoms with Crippen LogP contribution in [0, 0.1) is 0 Å². The van der Waals surface area contributed by atoms with Crippen LogP contribution >= 0.6 is 15.9 Å². The number of hydrogen-bond donors (Lipinski definition) is 1.